The van der Waals surface area contributed by atoms with Gasteiger partial charge in [0.2, 0.25) is 0 Å². The molecule has 0 saturated carbocycles. The largest absolute Gasteiger partial charge is 0.506 e. The zero-order valence-electron chi connectivity index (χ0n) is 7.49. The first-order valence-electron chi connectivity index (χ1n) is 3.77. The molecular weight excluding hydrogens is 264 g/mol. The number of halogens is 3. The van der Waals surface area contributed by atoms with Gasteiger partial charge in [0.15, 0.2) is 0 Å². The number of nitriles is 1. The van der Waals surface area contributed by atoms with Crippen LogP contribution >= 0.6 is 10.7 Å². The average molecular weight is 268 g/mol. The molecule has 1 aromatic carbocycles. The molecule has 0 radical (unpaired) electrons. The molecule has 0 amide bonds. The summed E-state index contributed by atoms with van der Waals surface area (Å²) >= 11 is 0. The third-order valence-corrected chi connectivity index (χ3v) is 3.10. The van der Waals surface area contributed by atoms with E-state index in [1.165, 1.54) is 6.07 Å². The highest BCUT2D eigenvalue weighted by molar-refractivity contribution is 8.13. The van der Waals surface area contributed by atoms with Crippen LogP contribution in [0.5, 0.6) is 5.75 Å². The highest BCUT2D eigenvalue weighted by Gasteiger charge is 2.22. The second-order valence-electron chi connectivity index (χ2n) is 2.76. The maximum atomic E-state index is 12.4. The number of hydrogen-bond donors (Lipinski definition) is 1. The summed E-state index contributed by atoms with van der Waals surface area (Å²) < 4.78 is 46.7. The van der Waals surface area contributed by atoms with Crippen LogP contribution in [-0.2, 0) is 9.05 Å². The lowest BCUT2D eigenvalue weighted by molar-refractivity contribution is 0.150. The van der Waals surface area contributed by atoms with Crippen molar-refractivity contribution in [3.63, 3.8) is 0 Å². The van der Waals surface area contributed by atoms with Crippen LogP contribution in [0.15, 0.2) is 17.0 Å². The van der Waals surface area contributed by atoms with Crippen molar-refractivity contribution in [2.75, 3.05) is 0 Å². The molecule has 0 heterocycles. The summed E-state index contributed by atoms with van der Waals surface area (Å²) in [6.07, 6.45) is -3.03. The van der Waals surface area contributed by atoms with Crippen molar-refractivity contribution < 1.29 is 22.3 Å². The van der Waals surface area contributed by atoms with E-state index < -0.39 is 37.2 Å². The molecule has 0 saturated heterocycles. The molecule has 0 bridgehead atoms. The Hall–Kier alpha value is -1.39. The molecule has 1 N–H and O–H groups in total. The predicted octanol–water partition coefficient (Wildman–Crippen LogP) is 2.13. The zero-order valence-corrected chi connectivity index (χ0v) is 9.06. The normalized spacial score (nSPS) is 11.4. The summed E-state index contributed by atoms with van der Waals surface area (Å²) in [5.74, 6) is -0.837. The van der Waals surface area contributed by atoms with Crippen molar-refractivity contribution in [1.29, 1.82) is 5.26 Å². The van der Waals surface area contributed by atoms with E-state index in [-0.39, 0.29) is 0 Å². The van der Waals surface area contributed by atoms with Crippen molar-refractivity contribution in [2.24, 2.45) is 0 Å². The maximum absolute atomic E-state index is 12.4. The predicted molar refractivity (Wildman–Crippen MR) is 50.8 cm³/mol. The Kier molecular flexibility index (Phi) is 3.35. The third-order valence-electron chi connectivity index (χ3n) is 1.75. The summed E-state index contributed by atoms with van der Waals surface area (Å²) in [5.41, 5.74) is -1.30. The van der Waals surface area contributed by atoms with Crippen LogP contribution in [-0.4, -0.2) is 13.5 Å². The summed E-state index contributed by atoms with van der Waals surface area (Å²) in [6.45, 7) is 0. The van der Waals surface area contributed by atoms with Gasteiger partial charge in [-0.2, -0.15) is 5.26 Å². The fourth-order valence-corrected chi connectivity index (χ4v) is 2.00. The van der Waals surface area contributed by atoms with E-state index in [1.54, 1.807) is 0 Å². The lowest BCUT2D eigenvalue weighted by Gasteiger charge is -2.06. The Morgan fingerprint density at radius 2 is 2.00 bits per heavy atom. The van der Waals surface area contributed by atoms with Crippen LogP contribution in [0.25, 0.3) is 0 Å². The molecule has 86 valence electrons. The van der Waals surface area contributed by atoms with Gasteiger partial charge in [-0.15, -0.1) is 0 Å². The summed E-state index contributed by atoms with van der Waals surface area (Å²) in [7, 11) is 0.585. The third kappa shape index (κ3) is 2.40. The first-order chi connectivity index (χ1) is 7.27. The second kappa shape index (κ2) is 4.23. The lowest BCUT2D eigenvalue weighted by atomic mass is 10.1. The summed E-state index contributed by atoms with van der Waals surface area (Å²) in [6, 6.07) is 2.54. The molecule has 0 fully saturated rings. The van der Waals surface area contributed by atoms with Crippen LogP contribution in [0.2, 0.25) is 0 Å². The number of rotatable bonds is 2. The van der Waals surface area contributed by atoms with E-state index in [1.807, 2.05) is 0 Å². The molecule has 4 nitrogen and oxygen atoms in total. The van der Waals surface area contributed by atoms with Gasteiger partial charge in [-0.05, 0) is 12.1 Å². The average Bonchev–Trinajstić information content (AvgIpc) is 2.14. The van der Waals surface area contributed by atoms with Crippen LogP contribution in [0.4, 0.5) is 8.78 Å². The van der Waals surface area contributed by atoms with Crippen molar-refractivity contribution in [2.45, 2.75) is 11.3 Å². The van der Waals surface area contributed by atoms with Gasteiger partial charge in [0.1, 0.15) is 10.6 Å². The summed E-state index contributed by atoms with van der Waals surface area (Å²) in [4.78, 5) is -0.844. The molecule has 1 rings (SSSR count). The second-order valence-corrected chi connectivity index (χ2v) is 5.29. The first kappa shape index (κ1) is 12.7. The van der Waals surface area contributed by atoms with Gasteiger partial charge >= 0.3 is 0 Å². The van der Waals surface area contributed by atoms with Crippen LogP contribution in [0.3, 0.4) is 0 Å². The van der Waals surface area contributed by atoms with E-state index in [2.05, 4.69) is 0 Å². The van der Waals surface area contributed by atoms with Gasteiger partial charge in [-0.25, -0.2) is 17.2 Å². The lowest BCUT2D eigenvalue weighted by Crippen LogP contribution is -1.97. The minimum absolute atomic E-state index is 0.487. The van der Waals surface area contributed by atoms with E-state index in [0.717, 1.165) is 0 Å². The number of phenols is 1. The fourth-order valence-electron chi connectivity index (χ4n) is 1.06. The van der Waals surface area contributed by atoms with Gasteiger partial charge in [-0.1, -0.05) is 0 Å². The van der Waals surface area contributed by atoms with Crippen LogP contribution < -0.4 is 0 Å². The van der Waals surface area contributed by atoms with E-state index in [0.29, 0.717) is 12.1 Å². The number of alkyl halides is 2. The van der Waals surface area contributed by atoms with Crippen LogP contribution in [0, 0.1) is 11.3 Å². The molecule has 0 aliphatic heterocycles. The van der Waals surface area contributed by atoms with Crippen molar-refractivity contribution >= 4 is 19.7 Å². The molecule has 16 heavy (non-hydrogen) atoms. The quantitative estimate of drug-likeness (QED) is 0.833. The van der Waals surface area contributed by atoms with E-state index in [9.17, 15) is 22.3 Å². The van der Waals surface area contributed by atoms with Crippen molar-refractivity contribution in [1.82, 2.24) is 0 Å². The van der Waals surface area contributed by atoms with Gasteiger partial charge in [0.05, 0.1) is 11.6 Å². The molecular formula is C8H4ClF2NO3S. The molecule has 0 aromatic heterocycles. The fraction of sp³-hybridized carbons (Fsp3) is 0.125. The zero-order chi connectivity index (χ0) is 12.5. The number of aromatic hydroxyl groups is 1. The molecule has 0 atom stereocenters. The Labute approximate surface area is 94.1 Å². The van der Waals surface area contributed by atoms with Gasteiger partial charge < -0.3 is 5.11 Å². The molecule has 8 heteroatoms. The highest BCUT2D eigenvalue weighted by Crippen LogP contribution is 2.33. The highest BCUT2D eigenvalue weighted by atomic mass is 35.7. The van der Waals surface area contributed by atoms with Crippen LogP contribution in [0.1, 0.15) is 17.6 Å². The topological polar surface area (TPSA) is 78.2 Å². The monoisotopic (exact) mass is 267 g/mol. The number of hydrogen-bond acceptors (Lipinski definition) is 4. The number of phenolic OH excluding ortho intramolecular Hbond substituents is 1. The van der Waals surface area contributed by atoms with Gasteiger partial charge in [0.25, 0.3) is 15.5 Å². The standard InChI is InChI=1S/C8H4ClF2NO3S/c9-16(14,15)7-2-5(8(10)11)4(3-12)1-6(7)13/h1-2,8,13H. The molecule has 0 aliphatic rings. The summed E-state index contributed by atoms with van der Waals surface area (Å²) in [5, 5.41) is 17.7. The van der Waals surface area contributed by atoms with E-state index in [4.69, 9.17) is 15.9 Å². The SMILES string of the molecule is N#Cc1cc(O)c(S(=O)(=O)Cl)cc1C(F)F. The number of benzene rings is 1. The minimum Gasteiger partial charge on any atom is -0.506 e. The molecule has 0 unspecified atom stereocenters. The Morgan fingerprint density at radius 3 is 2.38 bits per heavy atom. The minimum atomic E-state index is -4.34. The van der Waals surface area contributed by atoms with Crippen molar-refractivity contribution in [3.8, 4) is 11.8 Å². The smallest absolute Gasteiger partial charge is 0.265 e. The Bertz CT molecular complexity index is 565. The molecule has 0 spiro atoms. The maximum Gasteiger partial charge on any atom is 0.265 e. The Morgan fingerprint density at radius 1 is 1.44 bits per heavy atom. The Balaban J connectivity index is 3.60. The van der Waals surface area contributed by atoms with Gasteiger partial charge in [-0.3, -0.25) is 0 Å². The number of nitrogens with zero attached hydrogens (tertiary/aromatic N) is 1. The van der Waals surface area contributed by atoms with E-state index >= 15 is 0 Å². The van der Waals surface area contributed by atoms with Gasteiger partial charge in [0, 0.05) is 16.2 Å². The molecule has 1 aromatic rings. The van der Waals surface area contributed by atoms with Crippen molar-refractivity contribution in [3.05, 3.63) is 23.3 Å². The first-order valence-corrected chi connectivity index (χ1v) is 6.08. The molecule has 0 aliphatic carbocycles.